The normalized spacial score (nSPS) is 10.3. The average Bonchev–Trinajstić information content (AvgIpc) is 2.45. The molecule has 20 heavy (non-hydrogen) atoms. The number of fused-ring (bicyclic) bond motifs is 1. The van der Waals surface area contributed by atoms with Crippen LogP contribution in [0.15, 0.2) is 30.3 Å². The summed E-state index contributed by atoms with van der Waals surface area (Å²) >= 11 is 0. The number of hydrogen-bond donors (Lipinski definition) is 0. The summed E-state index contributed by atoms with van der Waals surface area (Å²) in [6.07, 6.45) is 0. The lowest BCUT2D eigenvalue weighted by Gasteiger charge is -2.12. The van der Waals surface area contributed by atoms with Gasteiger partial charge in [-0.25, -0.2) is 9.59 Å². The third kappa shape index (κ3) is 2.37. The Kier molecular flexibility index (Phi) is 4.03. The van der Waals surface area contributed by atoms with Crippen molar-refractivity contribution in [2.75, 3.05) is 13.7 Å². The Balaban J connectivity index is 2.80. The number of aryl methyl sites for hydroxylation is 1. The zero-order valence-electron chi connectivity index (χ0n) is 11.7. The zero-order chi connectivity index (χ0) is 14.7. The number of carbonyl (C=O) groups excluding carboxylic acids is 2. The molecule has 0 fully saturated rings. The summed E-state index contributed by atoms with van der Waals surface area (Å²) in [6.45, 7) is 3.86. The van der Waals surface area contributed by atoms with Crippen molar-refractivity contribution in [3.05, 3.63) is 47.0 Å². The third-order valence-corrected chi connectivity index (χ3v) is 3.14. The number of rotatable bonds is 3. The van der Waals surface area contributed by atoms with Gasteiger partial charge in [0.25, 0.3) is 0 Å². The summed E-state index contributed by atoms with van der Waals surface area (Å²) in [4.78, 5) is 24.1. The Hall–Kier alpha value is -2.36. The third-order valence-electron chi connectivity index (χ3n) is 3.14. The second-order valence-corrected chi connectivity index (χ2v) is 4.37. The van der Waals surface area contributed by atoms with Crippen LogP contribution in [0.3, 0.4) is 0 Å². The molecule has 0 N–H and O–H groups in total. The maximum atomic E-state index is 12.2. The number of esters is 2. The van der Waals surface area contributed by atoms with E-state index in [4.69, 9.17) is 9.47 Å². The molecule has 2 aromatic rings. The maximum absolute atomic E-state index is 12.2. The van der Waals surface area contributed by atoms with Gasteiger partial charge in [-0.2, -0.15) is 0 Å². The Morgan fingerprint density at radius 1 is 1.10 bits per heavy atom. The number of hydrogen-bond acceptors (Lipinski definition) is 4. The standard InChI is InChI=1S/C16H16O4/c1-4-20-16(18)13-10(2)8-9-11-6-5-7-12(14(11)13)15(17)19-3/h5-9H,4H2,1-3H3. The van der Waals surface area contributed by atoms with Gasteiger partial charge in [0.15, 0.2) is 0 Å². The lowest BCUT2D eigenvalue weighted by Crippen LogP contribution is -2.11. The monoisotopic (exact) mass is 272 g/mol. The minimum Gasteiger partial charge on any atom is -0.465 e. The molecular formula is C16H16O4. The fourth-order valence-corrected chi connectivity index (χ4v) is 2.23. The van der Waals surface area contributed by atoms with Gasteiger partial charge < -0.3 is 9.47 Å². The molecule has 0 saturated carbocycles. The summed E-state index contributed by atoms with van der Waals surface area (Å²) in [6, 6.07) is 8.98. The second-order valence-electron chi connectivity index (χ2n) is 4.37. The van der Waals surface area contributed by atoms with Crippen molar-refractivity contribution in [1.82, 2.24) is 0 Å². The SMILES string of the molecule is CCOC(=O)c1c(C)ccc2cccc(C(=O)OC)c12. The lowest BCUT2D eigenvalue weighted by atomic mass is 9.95. The molecule has 0 bridgehead atoms. The van der Waals surface area contributed by atoms with E-state index in [1.165, 1.54) is 7.11 Å². The van der Waals surface area contributed by atoms with Crippen LogP contribution in [0.5, 0.6) is 0 Å². The molecule has 0 unspecified atom stereocenters. The topological polar surface area (TPSA) is 52.6 Å². The van der Waals surface area contributed by atoms with Crippen molar-refractivity contribution in [2.45, 2.75) is 13.8 Å². The first-order valence-corrected chi connectivity index (χ1v) is 6.38. The lowest BCUT2D eigenvalue weighted by molar-refractivity contribution is 0.0528. The van der Waals surface area contributed by atoms with Crippen LogP contribution in [0.1, 0.15) is 33.2 Å². The summed E-state index contributed by atoms with van der Waals surface area (Å²) in [5.74, 6) is -0.890. The fourth-order valence-electron chi connectivity index (χ4n) is 2.23. The first kappa shape index (κ1) is 14.1. The molecule has 0 saturated heterocycles. The Morgan fingerprint density at radius 3 is 2.50 bits per heavy atom. The van der Waals surface area contributed by atoms with E-state index in [0.29, 0.717) is 16.5 Å². The summed E-state index contributed by atoms with van der Waals surface area (Å²) in [5.41, 5.74) is 1.56. The number of benzene rings is 2. The van der Waals surface area contributed by atoms with Crippen LogP contribution in [-0.4, -0.2) is 25.7 Å². The Labute approximate surface area is 117 Å². The summed E-state index contributed by atoms with van der Waals surface area (Å²) in [7, 11) is 1.32. The minimum absolute atomic E-state index is 0.287. The maximum Gasteiger partial charge on any atom is 0.339 e. The molecule has 0 spiro atoms. The summed E-state index contributed by atoms with van der Waals surface area (Å²) in [5, 5.41) is 1.39. The van der Waals surface area contributed by atoms with Crippen molar-refractivity contribution < 1.29 is 19.1 Å². The van der Waals surface area contributed by atoms with Gasteiger partial charge in [0, 0.05) is 5.39 Å². The van der Waals surface area contributed by atoms with Crippen molar-refractivity contribution in [2.24, 2.45) is 0 Å². The number of carbonyl (C=O) groups is 2. The van der Waals surface area contributed by atoms with Gasteiger partial charge >= 0.3 is 11.9 Å². The highest BCUT2D eigenvalue weighted by Gasteiger charge is 2.20. The van der Waals surface area contributed by atoms with E-state index in [0.717, 1.165) is 10.9 Å². The quantitative estimate of drug-likeness (QED) is 0.806. The van der Waals surface area contributed by atoms with Crippen LogP contribution in [0.25, 0.3) is 10.8 Å². The fraction of sp³-hybridized carbons (Fsp3) is 0.250. The molecular weight excluding hydrogens is 256 g/mol. The van der Waals surface area contributed by atoms with Gasteiger partial charge in [0.05, 0.1) is 24.8 Å². The van der Waals surface area contributed by atoms with Crippen LogP contribution in [0, 0.1) is 6.92 Å². The van der Waals surface area contributed by atoms with Crippen molar-refractivity contribution in [3.63, 3.8) is 0 Å². The van der Waals surface area contributed by atoms with Gasteiger partial charge in [0.2, 0.25) is 0 Å². The molecule has 0 radical (unpaired) electrons. The van der Waals surface area contributed by atoms with E-state index in [2.05, 4.69) is 0 Å². The molecule has 0 heterocycles. The zero-order valence-corrected chi connectivity index (χ0v) is 11.7. The molecule has 2 rings (SSSR count). The highest BCUT2D eigenvalue weighted by Crippen LogP contribution is 2.27. The van der Waals surface area contributed by atoms with Gasteiger partial charge in [-0.05, 0) is 30.9 Å². The van der Waals surface area contributed by atoms with Gasteiger partial charge in [-0.3, -0.25) is 0 Å². The van der Waals surface area contributed by atoms with Gasteiger partial charge in [-0.15, -0.1) is 0 Å². The van der Waals surface area contributed by atoms with E-state index in [1.807, 2.05) is 25.1 Å². The molecule has 0 aliphatic carbocycles. The summed E-state index contributed by atoms with van der Waals surface area (Å²) < 4.78 is 9.88. The first-order valence-electron chi connectivity index (χ1n) is 6.38. The first-order chi connectivity index (χ1) is 9.60. The number of ether oxygens (including phenoxy) is 2. The van der Waals surface area contributed by atoms with Crippen LogP contribution >= 0.6 is 0 Å². The van der Waals surface area contributed by atoms with Crippen LogP contribution in [0.4, 0.5) is 0 Å². The van der Waals surface area contributed by atoms with Crippen LogP contribution in [-0.2, 0) is 9.47 Å². The van der Waals surface area contributed by atoms with E-state index < -0.39 is 11.9 Å². The molecule has 4 nitrogen and oxygen atoms in total. The molecule has 0 aromatic heterocycles. The molecule has 0 aliphatic heterocycles. The van der Waals surface area contributed by atoms with E-state index in [9.17, 15) is 9.59 Å². The molecule has 2 aromatic carbocycles. The smallest absolute Gasteiger partial charge is 0.339 e. The van der Waals surface area contributed by atoms with E-state index in [1.54, 1.807) is 19.1 Å². The number of methoxy groups -OCH3 is 1. The van der Waals surface area contributed by atoms with E-state index >= 15 is 0 Å². The highest BCUT2D eigenvalue weighted by molar-refractivity contribution is 6.14. The highest BCUT2D eigenvalue weighted by atomic mass is 16.5. The van der Waals surface area contributed by atoms with Crippen LogP contribution in [0.2, 0.25) is 0 Å². The molecule has 0 amide bonds. The largest absolute Gasteiger partial charge is 0.465 e. The Morgan fingerprint density at radius 2 is 1.85 bits per heavy atom. The predicted octanol–water partition coefficient (Wildman–Crippen LogP) is 3.11. The molecule has 0 atom stereocenters. The predicted molar refractivity (Wildman–Crippen MR) is 76.0 cm³/mol. The van der Waals surface area contributed by atoms with Gasteiger partial charge in [0.1, 0.15) is 0 Å². The van der Waals surface area contributed by atoms with Crippen molar-refractivity contribution in [1.29, 1.82) is 0 Å². The second kappa shape index (κ2) is 5.74. The van der Waals surface area contributed by atoms with Crippen molar-refractivity contribution in [3.8, 4) is 0 Å². The van der Waals surface area contributed by atoms with E-state index in [-0.39, 0.29) is 6.61 Å². The molecule has 0 aliphatic rings. The Bertz CT molecular complexity index is 673. The molecule has 4 heteroatoms. The van der Waals surface area contributed by atoms with Crippen LogP contribution < -0.4 is 0 Å². The minimum atomic E-state index is -0.466. The van der Waals surface area contributed by atoms with Gasteiger partial charge in [-0.1, -0.05) is 24.3 Å². The molecule has 104 valence electrons. The average molecular weight is 272 g/mol. The van der Waals surface area contributed by atoms with Crippen molar-refractivity contribution >= 4 is 22.7 Å².